The van der Waals surface area contributed by atoms with Gasteiger partial charge in [0.05, 0.1) is 24.6 Å². The summed E-state index contributed by atoms with van der Waals surface area (Å²) >= 11 is 0. The van der Waals surface area contributed by atoms with Crippen LogP contribution in [0.2, 0.25) is 0 Å². The summed E-state index contributed by atoms with van der Waals surface area (Å²) < 4.78 is 12.6. The van der Waals surface area contributed by atoms with Gasteiger partial charge < -0.3 is 25.5 Å². The number of amides is 1. The summed E-state index contributed by atoms with van der Waals surface area (Å²) in [6.07, 6.45) is 2.17. The Hall–Kier alpha value is -3.29. The third kappa shape index (κ3) is 3.65. The Morgan fingerprint density at radius 1 is 1.47 bits per heavy atom. The number of anilines is 2. The Morgan fingerprint density at radius 2 is 2.27 bits per heavy atom. The molecule has 2 aliphatic heterocycles. The predicted molar refractivity (Wildman–Crippen MR) is 111 cm³/mol. The molecule has 0 bridgehead atoms. The molecule has 4 N–H and O–H groups in total. The van der Waals surface area contributed by atoms with Gasteiger partial charge in [-0.05, 0) is 49.5 Å². The van der Waals surface area contributed by atoms with Gasteiger partial charge in [-0.2, -0.15) is 10.4 Å². The van der Waals surface area contributed by atoms with Crippen molar-refractivity contribution in [2.24, 2.45) is 11.7 Å². The molecule has 1 amide bonds. The molecular formula is C20H22BN5O4. The van der Waals surface area contributed by atoms with E-state index in [4.69, 9.17) is 15.1 Å². The topological polar surface area (TPSA) is 135 Å². The van der Waals surface area contributed by atoms with Crippen LogP contribution in [0.3, 0.4) is 0 Å². The minimum Gasteiger partial charge on any atom is -0.532 e. The van der Waals surface area contributed by atoms with Crippen LogP contribution < -0.4 is 15.7 Å². The molecule has 30 heavy (non-hydrogen) atoms. The molecule has 1 saturated heterocycles. The van der Waals surface area contributed by atoms with Gasteiger partial charge in [0.1, 0.15) is 11.3 Å². The molecule has 3 heterocycles. The van der Waals surface area contributed by atoms with Crippen molar-refractivity contribution >= 4 is 30.1 Å². The molecule has 0 spiro atoms. The SMILES string of the molecule is CC1=CB(O)Oc2c(C)cc(Nc3nn([C@H]4COCC[C@@H]4C#N)cc3C(N)=O)cc21. The number of hydrogen-bond acceptors (Lipinski definition) is 7. The van der Waals surface area contributed by atoms with Gasteiger partial charge in [-0.15, -0.1) is 0 Å². The number of allylic oxidation sites excluding steroid dienone is 1. The van der Waals surface area contributed by atoms with Gasteiger partial charge in [0.2, 0.25) is 0 Å². The second-order valence-electron chi connectivity index (χ2n) is 7.56. The van der Waals surface area contributed by atoms with Crippen LogP contribution in [0.1, 0.15) is 40.9 Å². The second kappa shape index (κ2) is 7.86. The molecule has 0 radical (unpaired) electrons. The van der Waals surface area contributed by atoms with Crippen LogP contribution in [0.4, 0.5) is 11.5 Å². The zero-order chi connectivity index (χ0) is 21.4. The number of nitrogens with zero attached hydrogens (tertiary/aromatic N) is 3. The molecule has 4 rings (SSSR count). The summed E-state index contributed by atoms with van der Waals surface area (Å²) in [7, 11) is -0.974. The summed E-state index contributed by atoms with van der Waals surface area (Å²) in [6, 6.07) is 5.71. The number of benzene rings is 1. The van der Waals surface area contributed by atoms with E-state index in [1.165, 1.54) is 0 Å². The van der Waals surface area contributed by atoms with E-state index in [9.17, 15) is 15.1 Å². The zero-order valence-corrected chi connectivity index (χ0v) is 16.8. The van der Waals surface area contributed by atoms with E-state index < -0.39 is 13.0 Å². The monoisotopic (exact) mass is 407 g/mol. The number of carbonyl (C=O) groups is 1. The van der Waals surface area contributed by atoms with Gasteiger partial charge in [0.25, 0.3) is 5.91 Å². The largest absolute Gasteiger partial charge is 0.552 e. The number of ether oxygens (including phenoxy) is 1. The number of aryl methyl sites for hydroxylation is 1. The maximum Gasteiger partial charge on any atom is 0.552 e. The van der Waals surface area contributed by atoms with Crippen LogP contribution in [0, 0.1) is 24.2 Å². The highest BCUT2D eigenvalue weighted by atomic mass is 16.5. The number of carbonyl (C=O) groups excluding carboxylic acids is 1. The molecule has 9 nitrogen and oxygen atoms in total. The van der Waals surface area contributed by atoms with Gasteiger partial charge in [-0.3, -0.25) is 9.48 Å². The number of primary amides is 1. The van der Waals surface area contributed by atoms with E-state index in [-0.39, 0.29) is 17.5 Å². The molecule has 1 aromatic heterocycles. The van der Waals surface area contributed by atoms with E-state index in [1.54, 1.807) is 16.9 Å². The molecule has 1 aromatic carbocycles. The minimum absolute atomic E-state index is 0.228. The molecule has 2 aromatic rings. The third-order valence-corrected chi connectivity index (χ3v) is 5.42. The van der Waals surface area contributed by atoms with Crippen LogP contribution in [-0.4, -0.2) is 41.0 Å². The Bertz CT molecular complexity index is 1070. The van der Waals surface area contributed by atoms with E-state index in [2.05, 4.69) is 16.5 Å². The highest BCUT2D eigenvalue weighted by Gasteiger charge is 2.30. The van der Waals surface area contributed by atoms with Crippen molar-refractivity contribution in [1.29, 1.82) is 5.26 Å². The molecule has 2 atom stereocenters. The Morgan fingerprint density at radius 3 is 3.00 bits per heavy atom. The van der Waals surface area contributed by atoms with Crippen LogP contribution in [-0.2, 0) is 4.74 Å². The summed E-state index contributed by atoms with van der Waals surface area (Å²) in [5.41, 5.74) is 9.05. The molecular weight excluding hydrogens is 385 g/mol. The van der Waals surface area contributed by atoms with Crippen LogP contribution in [0.25, 0.3) is 5.57 Å². The first-order valence-corrected chi connectivity index (χ1v) is 9.69. The van der Waals surface area contributed by atoms with Gasteiger partial charge in [0.15, 0.2) is 5.82 Å². The van der Waals surface area contributed by atoms with Crippen molar-refractivity contribution in [1.82, 2.24) is 9.78 Å². The van der Waals surface area contributed by atoms with Crippen molar-refractivity contribution in [3.8, 4) is 11.8 Å². The lowest BCUT2D eigenvalue weighted by Crippen LogP contribution is -2.29. The minimum atomic E-state index is -0.974. The van der Waals surface area contributed by atoms with Crippen molar-refractivity contribution in [2.45, 2.75) is 26.3 Å². The zero-order valence-electron chi connectivity index (χ0n) is 16.8. The van der Waals surface area contributed by atoms with Crippen molar-refractivity contribution in [2.75, 3.05) is 18.5 Å². The molecule has 0 aliphatic carbocycles. The van der Waals surface area contributed by atoms with E-state index in [0.29, 0.717) is 36.9 Å². The van der Waals surface area contributed by atoms with E-state index in [0.717, 1.165) is 16.7 Å². The number of nitriles is 1. The first-order chi connectivity index (χ1) is 14.4. The number of hydrogen-bond donors (Lipinski definition) is 3. The Kier molecular flexibility index (Phi) is 5.24. The average molecular weight is 407 g/mol. The van der Waals surface area contributed by atoms with Gasteiger partial charge in [-0.1, -0.05) is 0 Å². The predicted octanol–water partition coefficient (Wildman–Crippen LogP) is 1.95. The normalized spacial score (nSPS) is 20.6. The van der Waals surface area contributed by atoms with E-state index >= 15 is 0 Å². The quantitative estimate of drug-likeness (QED) is 0.659. The molecule has 0 unspecified atom stereocenters. The second-order valence-corrected chi connectivity index (χ2v) is 7.56. The highest BCUT2D eigenvalue weighted by molar-refractivity contribution is 6.52. The first-order valence-electron chi connectivity index (χ1n) is 9.69. The number of rotatable bonds is 4. The lowest BCUT2D eigenvalue weighted by atomic mass is 9.82. The number of nitrogens with one attached hydrogen (secondary N) is 1. The van der Waals surface area contributed by atoms with Crippen molar-refractivity contribution in [3.63, 3.8) is 0 Å². The van der Waals surface area contributed by atoms with Gasteiger partial charge >= 0.3 is 7.12 Å². The third-order valence-electron chi connectivity index (χ3n) is 5.42. The van der Waals surface area contributed by atoms with Crippen LogP contribution in [0.5, 0.6) is 5.75 Å². The summed E-state index contributed by atoms with van der Waals surface area (Å²) in [6.45, 7) is 4.64. The maximum atomic E-state index is 12.0. The number of nitrogens with two attached hydrogens (primary N) is 1. The first kappa shape index (κ1) is 20.0. The van der Waals surface area contributed by atoms with Crippen LogP contribution in [0.15, 0.2) is 24.3 Å². The number of aromatic nitrogens is 2. The molecule has 0 saturated carbocycles. The summed E-state index contributed by atoms with van der Waals surface area (Å²) in [5, 5.41) is 26.9. The lowest BCUT2D eigenvalue weighted by molar-refractivity contribution is 0.0342. The van der Waals surface area contributed by atoms with Crippen molar-refractivity contribution in [3.05, 3.63) is 41.0 Å². The fourth-order valence-corrected chi connectivity index (χ4v) is 3.86. The van der Waals surface area contributed by atoms with E-state index in [1.807, 2.05) is 26.0 Å². The van der Waals surface area contributed by atoms with Crippen LogP contribution >= 0.6 is 0 Å². The van der Waals surface area contributed by atoms with Gasteiger partial charge in [-0.25, -0.2) is 0 Å². The molecule has 10 heteroatoms. The average Bonchev–Trinajstić information content (AvgIpc) is 3.13. The lowest BCUT2D eigenvalue weighted by Gasteiger charge is -2.27. The molecule has 2 aliphatic rings. The van der Waals surface area contributed by atoms with Crippen molar-refractivity contribution < 1.29 is 19.2 Å². The fourth-order valence-electron chi connectivity index (χ4n) is 3.86. The summed E-state index contributed by atoms with van der Waals surface area (Å²) in [4.78, 5) is 12.0. The highest BCUT2D eigenvalue weighted by Crippen LogP contribution is 2.37. The number of fused-ring (bicyclic) bond motifs is 1. The smallest absolute Gasteiger partial charge is 0.532 e. The standard InChI is InChI=1S/C20H22BN5O4/c1-11-5-14(6-15-12(2)7-21(28)30-18(11)15)24-20-16(19(23)27)9-26(25-20)17-10-29-4-3-13(17)8-22/h5-7,9,13,17,28H,3-4,10H2,1-2H3,(H2,23,27)(H,24,25)/t13-,17+/m1/s1. The molecule has 154 valence electrons. The fraction of sp³-hybridized carbons (Fsp3) is 0.350. The Labute approximate surface area is 174 Å². The summed E-state index contributed by atoms with van der Waals surface area (Å²) in [5.74, 6) is 1.67. The van der Waals surface area contributed by atoms with Gasteiger partial charge in [0, 0.05) is 24.1 Å². The molecule has 1 fully saturated rings. The maximum absolute atomic E-state index is 12.0. The Balaban J connectivity index is 1.69.